The van der Waals surface area contributed by atoms with Gasteiger partial charge in [0, 0.05) is 18.8 Å². The predicted octanol–water partition coefficient (Wildman–Crippen LogP) is 1.58. The lowest BCUT2D eigenvalue weighted by atomic mass is 10.3. The lowest BCUT2D eigenvalue weighted by Gasteiger charge is -2.10. The second-order valence-corrected chi connectivity index (χ2v) is 4.73. The van der Waals surface area contributed by atoms with Gasteiger partial charge in [0.1, 0.15) is 5.82 Å². The molecule has 1 N–H and O–H groups in total. The summed E-state index contributed by atoms with van der Waals surface area (Å²) in [5.74, 6) is 1.33. The minimum absolute atomic E-state index is 0.162. The number of anilines is 1. The summed E-state index contributed by atoms with van der Waals surface area (Å²) >= 11 is 0. The van der Waals surface area contributed by atoms with E-state index >= 15 is 0 Å². The summed E-state index contributed by atoms with van der Waals surface area (Å²) in [5.41, 5.74) is 2.25. The molecule has 2 heterocycles. The number of aryl methyl sites for hydroxylation is 1. The maximum atomic E-state index is 12.1. The normalized spacial score (nSPS) is 10.8. The van der Waals surface area contributed by atoms with Crippen LogP contribution in [0.15, 0.2) is 41.3 Å². The van der Waals surface area contributed by atoms with E-state index in [1.54, 1.807) is 11.6 Å². The Morgan fingerprint density at radius 1 is 1.24 bits per heavy atom. The summed E-state index contributed by atoms with van der Waals surface area (Å²) in [4.78, 5) is 25.0. The van der Waals surface area contributed by atoms with Gasteiger partial charge >= 0.3 is 0 Å². The zero-order valence-electron chi connectivity index (χ0n) is 11.9. The zero-order valence-corrected chi connectivity index (χ0v) is 11.9. The monoisotopic (exact) mass is 281 g/mol. The molecule has 0 aliphatic heterocycles. The third-order valence-corrected chi connectivity index (χ3v) is 3.21. The molecule has 0 atom stereocenters. The van der Waals surface area contributed by atoms with E-state index in [-0.39, 0.29) is 5.56 Å². The van der Waals surface area contributed by atoms with Crippen LogP contribution in [0.2, 0.25) is 0 Å². The van der Waals surface area contributed by atoms with Crippen LogP contribution in [0.3, 0.4) is 0 Å². The molecule has 2 aromatic heterocycles. The van der Waals surface area contributed by atoms with Crippen LogP contribution in [0.25, 0.3) is 11.0 Å². The van der Waals surface area contributed by atoms with E-state index in [2.05, 4.69) is 20.3 Å². The summed E-state index contributed by atoms with van der Waals surface area (Å²) in [6.07, 6.45) is 1.33. The summed E-state index contributed by atoms with van der Waals surface area (Å²) in [7, 11) is 1.81. The van der Waals surface area contributed by atoms with Crippen molar-refractivity contribution in [3.8, 4) is 0 Å². The van der Waals surface area contributed by atoms with Gasteiger partial charge in [0.2, 0.25) is 0 Å². The first-order valence-electron chi connectivity index (χ1n) is 6.64. The topological polar surface area (TPSA) is 72.7 Å². The summed E-state index contributed by atoms with van der Waals surface area (Å²) in [5, 5.41) is 2.99. The number of aromatic nitrogens is 4. The zero-order chi connectivity index (χ0) is 14.8. The van der Waals surface area contributed by atoms with Crippen molar-refractivity contribution in [3.05, 3.63) is 58.4 Å². The molecule has 0 fully saturated rings. The van der Waals surface area contributed by atoms with Crippen LogP contribution in [-0.2, 0) is 6.54 Å². The lowest BCUT2D eigenvalue weighted by Crippen LogP contribution is -2.22. The number of benzene rings is 1. The molecule has 6 nitrogen and oxygen atoms in total. The Hall–Kier alpha value is -2.76. The molecule has 106 valence electrons. The van der Waals surface area contributed by atoms with Crippen LogP contribution >= 0.6 is 0 Å². The minimum atomic E-state index is -0.162. The molecule has 0 aliphatic carbocycles. The van der Waals surface area contributed by atoms with Crippen LogP contribution < -0.4 is 10.9 Å². The van der Waals surface area contributed by atoms with Gasteiger partial charge in [0.05, 0.1) is 23.8 Å². The Bertz CT molecular complexity index is 856. The molecule has 21 heavy (non-hydrogen) atoms. The molecule has 0 radical (unpaired) electrons. The number of fused-ring (bicyclic) bond motifs is 1. The fourth-order valence-electron chi connectivity index (χ4n) is 2.25. The van der Waals surface area contributed by atoms with Crippen molar-refractivity contribution in [2.45, 2.75) is 13.5 Å². The molecule has 0 amide bonds. The second kappa shape index (κ2) is 5.32. The number of hydrogen-bond acceptors (Lipinski definition) is 5. The first-order valence-corrected chi connectivity index (χ1v) is 6.64. The maximum Gasteiger partial charge on any atom is 0.269 e. The van der Waals surface area contributed by atoms with Gasteiger partial charge in [-0.2, -0.15) is 0 Å². The fourth-order valence-corrected chi connectivity index (χ4v) is 2.25. The van der Waals surface area contributed by atoms with E-state index in [1.807, 2.05) is 37.3 Å². The largest absolute Gasteiger partial charge is 0.373 e. The molecule has 0 bridgehead atoms. The number of hydrogen-bond donors (Lipinski definition) is 1. The molecule has 0 saturated carbocycles. The highest BCUT2D eigenvalue weighted by molar-refractivity contribution is 5.74. The van der Waals surface area contributed by atoms with E-state index in [0.29, 0.717) is 12.4 Å². The van der Waals surface area contributed by atoms with Crippen molar-refractivity contribution in [2.24, 2.45) is 0 Å². The van der Waals surface area contributed by atoms with E-state index in [0.717, 1.165) is 22.5 Å². The van der Waals surface area contributed by atoms with Crippen LogP contribution in [0, 0.1) is 6.92 Å². The molecular formula is C15H15N5O. The van der Waals surface area contributed by atoms with Gasteiger partial charge in [0.25, 0.3) is 5.56 Å². The average molecular weight is 281 g/mol. The van der Waals surface area contributed by atoms with Gasteiger partial charge in [-0.05, 0) is 19.1 Å². The molecule has 3 aromatic rings. The smallest absolute Gasteiger partial charge is 0.269 e. The highest BCUT2D eigenvalue weighted by Gasteiger charge is 2.07. The van der Waals surface area contributed by atoms with Gasteiger partial charge in [0.15, 0.2) is 5.82 Å². The lowest BCUT2D eigenvalue weighted by molar-refractivity contribution is 0.733. The van der Waals surface area contributed by atoms with Crippen LogP contribution in [0.1, 0.15) is 11.5 Å². The Morgan fingerprint density at radius 3 is 2.86 bits per heavy atom. The van der Waals surface area contributed by atoms with Crippen LogP contribution in [-0.4, -0.2) is 26.6 Å². The second-order valence-electron chi connectivity index (χ2n) is 4.73. The third-order valence-electron chi connectivity index (χ3n) is 3.21. The highest BCUT2D eigenvalue weighted by Crippen LogP contribution is 2.11. The molecule has 0 aliphatic rings. The van der Waals surface area contributed by atoms with Crippen LogP contribution in [0.5, 0.6) is 0 Å². The van der Waals surface area contributed by atoms with E-state index in [1.165, 1.54) is 6.20 Å². The summed E-state index contributed by atoms with van der Waals surface area (Å²) < 4.78 is 1.64. The van der Waals surface area contributed by atoms with Crippen molar-refractivity contribution >= 4 is 16.9 Å². The summed E-state index contributed by atoms with van der Waals surface area (Å²) in [6, 6.07) is 9.39. The number of nitrogens with zero attached hydrogens (tertiary/aromatic N) is 4. The Kier molecular flexibility index (Phi) is 3.35. The SMILES string of the molecule is CNc1cc(C)nc(Cn2c(=O)cnc3ccccc32)n1. The van der Waals surface area contributed by atoms with Crippen molar-refractivity contribution in [2.75, 3.05) is 12.4 Å². The number of para-hydroxylation sites is 2. The molecule has 6 heteroatoms. The number of nitrogens with one attached hydrogen (secondary N) is 1. The van der Waals surface area contributed by atoms with E-state index < -0.39 is 0 Å². The van der Waals surface area contributed by atoms with Crippen molar-refractivity contribution < 1.29 is 0 Å². The molecule has 3 rings (SSSR count). The Morgan fingerprint density at radius 2 is 2.05 bits per heavy atom. The molecular weight excluding hydrogens is 266 g/mol. The highest BCUT2D eigenvalue weighted by atomic mass is 16.1. The average Bonchev–Trinajstić information content (AvgIpc) is 2.49. The first kappa shape index (κ1) is 13.2. The minimum Gasteiger partial charge on any atom is -0.373 e. The predicted molar refractivity (Wildman–Crippen MR) is 81.4 cm³/mol. The Balaban J connectivity index is 2.12. The van der Waals surface area contributed by atoms with Gasteiger partial charge in [-0.15, -0.1) is 0 Å². The van der Waals surface area contributed by atoms with Crippen molar-refractivity contribution in [1.82, 2.24) is 19.5 Å². The third kappa shape index (κ3) is 2.60. The van der Waals surface area contributed by atoms with Crippen molar-refractivity contribution in [3.63, 3.8) is 0 Å². The van der Waals surface area contributed by atoms with E-state index in [4.69, 9.17) is 0 Å². The van der Waals surface area contributed by atoms with Gasteiger partial charge in [-0.1, -0.05) is 12.1 Å². The van der Waals surface area contributed by atoms with Gasteiger partial charge < -0.3 is 5.32 Å². The van der Waals surface area contributed by atoms with E-state index in [9.17, 15) is 4.79 Å². The summed E-state index contributed by atoms with van der Waals surface area (Å²) in [6.45, 7) is 2.22. The molecule has 0 spiro atoms. The van der Waals surface area contributed by atoms with Gasteiger partial charge in [-0.25, -0.2) is 15.0 Å². The molecule has 0 unspecified atom stereocenters. The van der Waals surface area contributed by atoms with Crippen molar-refractivity contribution in [1.29, 1.82) is 0 Å². The first-order chi connectivity index (χ1) is 10.2. The Labute approximate surface area is 121 Å². The maximum absolute atomic E-state index is 12.1. The number of rotatable bonds is 3. The molecule has 0 saturated heterocycles. The fraction of sp³-hybridized carbons (Fsp3) is 0.200. The molecule has 1 aromatic carbocycles. The standard InChI is InChI=1S/C15H15N5O/c1-10-7-13(16-2)19-14(18-10)9-20-12-6-4-3-5-11(12)17-8-15(20)21/h3-8H,9H2,1-2H3,(H,16,18,19). The van der Waals surface area contributed by atoms with Gasteiger partial charge in [-0.3, -0.25) is 9.36 Å². The van der Waals surface area contributed by atoms with Crippen LogP contribution in [0.4, 0.5) is 5.82 Å². The quantitative estimate of drug-likeness (QED) is 0.789.